The molecular formula is C14H21N5O4. The second kappa shape index (κ2) is 5.49. The molecule has 0 fully saturated rings. The molecule has 0 aliphatic rings. The smallest absolute Gasteiger partial charge is 0.334 e. The van der Waals surface area contributed by atoms with Crippen molar-refractivity contribution in [3.8, 4) is 5.95 Å². The summed E-state index contributed by atoms with van der Waals surface area (Å²) in [5.41, 5.74) is 5.62. The Hall–Kier alpha value is -2.71. The highest BCUT2D eigenvalue weighted by Gasteiger charge is 2.26. The number of rotatable bonds is 3. The third-order valence-electron chi connectivity index (χ3n) is 3.65. The summed E-state index contributed by atoms with van der Waals surface area (Å²) in [5.74, 6) is -0.387. The van der Waals surface area contributed by atoms with E-state index >= 15 is 0 Å². The highest BCUT2D eigenvalue weighted by molar-refractivity contribution is 5.61. The Morgan fingerprint density at radius 2 is 1.65 bits per heavy atom. The quantitative estimate of drug-likeness (QED) is 0.716. The maximum atomic E-state index is 12.2. The topological polar surface area (TPSA) is 114 Å². The summed E-state index contributed by atoms with van der Waals surface area (Å²) in [5, 5.41) is 13.6. The molecule has 9 nitrogen and oxygen atoms in total. The van der Waals surface area contributed by atoms with Gasteiger partial charge in [-0.15, -0.1) is 0 Å². The molecule has 2 aromatic heterocycles. The zero-order valence-corrected chi connectivity index (χ0v) is 14.0. The Kier molecular flexibility index (Phi) is 3.97. The summed E-state index contributed by atoms with van der Waals surface area (Å²) in [4.78, 5) is 24.1. The van der Waals surface area contributed by atoms with E-state index in [-0.39, 0.29) is 22.7 Å². The number of hydrazine groups is 1. The molecule has 0 aromatic carbocycles. The molecule has 0 saturated carbocycles. The number of aromatic nitrogens is 3. The first kappa shape index (κ1) is 16.7. The van der Waals surface area contributed by atoms with E-state index in [1.807, 2.05) is 20.8 Å². The van der Waals surface area contributed by atoms with Crippen LogP contribution in [0.4, 0.5) is 11.4 Å². The lowest BCUT2D eigenvalue weighted by Gasteiger charge is -2.18. The van der Waals surface area contributed by atoms with Gasteiger partial charge in [-0.3, -0.25) is 24.8 Å². The molecule has 2 aromatic rings. The number of nitrogens with zero attached hydrogens (tertiary/aromatic N) is 3. The van der Waals surface area contributed by atoms with Gasteiger partial charge in [-0.25, -0.2) is 4.79 Å². The minimum absolute atomic E-state index is 0.190. The first-order valence-electron chi connectivity index (χ1n) is 7.03. The first-order chi connectivity index (χ1) is 10.6. The van der Waals surface area contributed by atoms with Crippen molar-refractivity contribution < 1.29 is 9.63 Å². The maximum Gasteiger partial charge on any atom is 0.334 e. The summed E-state index contributed by atoms with van der Waals surface area (Å²) in [7, 11) is 2.96. The van der Waals surface area contributed by atoms with Crippen molar-refractivity contribution in [1.82, 2.24) is 14.3 Å². The van der Waals surface area contributed by atoms with Crippen LogP contribution in [0.2, 0.25) is 0 Å². The van der Waals surface area contributed by atoms with E-state index in [1.54, 1.807) is 14.0 Å². The van der Waals surface area contributed by atoms with E-state index in [1.165, 1.54) is 11.6 Å². The summed E-state index contributed by atoms with van der Waals surface area (Å²) in [6.45, 7) is 7.37. The SMILES string of the molecule is Cc1c(NNc2c(C(C)(C)C)noc2O)c(=O)n(C)c(=O)n1C. The zero-order chi connectivity index (χ0) is 17.5. The van der Waals surface area contributed by atoms with Crippen molar-refractivity contribution in [3.05, 3.63) is 32.2 Å². The maximum absolute atomic E-state index is 12.2. The van der Waals surface area contributed by atoms with Crippen molar-refractivity contribution in [3.63, 3.8) is 0 Å². The van der Waals surface area contributed by atoms with E-state index in [0.717, 1.165) is 4.57 Å². The summed E-state index contributed by atoms with van der Waals surface area (Å²) < 4.78 is 7.15. The van der Waals surface area contributed by atoms with Gasteiger partial charge in [-0.05, 0) is 6.92 Å². The normalized spacial score (nSPS) is 11.6. The predicted octanol–water partition coefficient (Wildman–Crippen LogP) is 0.823. The highest BCUT2D eigenvalue weighted by Crippen LogP contribution is 2.35. The Labute approximate surface area is 132 Å². The lowest BCUT2D eigenvalue weighted by atomic mass is 9.91. The van der Waals surface area contributed by atoms with Gasteiger partial charge in [0.05, 0.1) is 0 Å². The van der Waals surface area contributed by atoms with Crippen molar-refractivity contribution in [2.75, 3.05) is 10.9 Å². The summed E-state index contributed by atoms with van der Waals surface area (Å²) in [6, 6.07) is 0. The number of nitrogens with one attached hydrogen (secondary N) is 2. The third kappa shape index (κ3) is 2.81. The fourth-order valence-corrected chi connectivity index (χ4v) is 2.12. The Morgan fingerprint density at radius 3 is 2.22 bits per heavy atom. The average molecular weight is 323 g/mol. The lowest BCUT2D eigenvalue weighted by Crippen LogP contribution is -2.40. The van der Waals surface area contributed by atoms with Gasteiger partial charge in [0, 0.05) is 25.2 Å². The van der Waals surface area contributed by atoms with Crippen molar-refractivity contribution >= 4 is 11.4 Å². The second-order valence-corrected chi connectivity index (χ2v) is 6.38. The van der Waals surface area contributed by atoms with Crippen LogP contribution < -0.4 is 22.1 Å². The number of aromatic hydroxyl groups is 1. The molecule has 0 aliphatic heterocycles. The molecule has 0 bridgehead atoms. The summed E-state index contributed by atoms with van der Waals surface area (Å²) in [6.07, 6.45) is 0. The van der Waals surface area contributed by atoms with Crippen LogP contribution in [-0.2, 0) is 19.5 Å². The first-order valence-corrected chi connectivity index (χ1v) is 7.03. The van der Waals surface area contributed by atoms with Gasteiger partial charge in [0.25, 0.3) is 5.56 Å². The molecule has 0 unspecified atom stereocenters. The molecule has 3 N–H and O–H groups in total. The van der Waals surface area contributed by atoms with Crippen LogP contribution in [0.3, 0.4) is 0 Å². The molecule has 126 valence electrons. The molecule has 0 amide bonds. The predicted molar refractivity (Wildman–Crippen MR) is 85.8 cm³/mol. The van der Waals surface area contributed by atoms with Crippen molar-refractivity contribution in [1.29, 1.82) is 0 Å². The van der Waals surface area contributed by atoms with Crippen LogP contribution in [-0.4, -0.2) is 19.4 Å². The molecule has 2 heterocycles. The molecule has 23 heavy (non-hydrogen) atoms. The molecule has 9 heteroatoms. The minimum Gasteiger partial charge on any atom is -0.478 e. The number of hydrogen-bond donors (Lipinski definition) is 3. The van der Waals surface area contributed by atoms with E-state index < -0.39 is 11.2 Å². The van der Waals surface area contributed by atoms with Crippen molar-refractivity contribution in [2.45, 2.75) is 33.1 Å². The molecule has 0 spiro atoms. The van der Waals surface area contributed by atoms with Gasteiger partial charge in [-0.2, -0.15) is 0 Å². The van der Waals surface area contributed by atoms with Gasteiger partial charge >= 0.3 is 11.6 Å². The fourth-order valence-electron chi connectivity index (χ4n) is 2.12. The van der Waals surface area contributed by atoms with Gasteiger partial charge in [0.2, 0.25) is 0 Å². The summed E-state index contributed by atoms with van der Waals surface area (Å²) >= 11 is 0. The van der Waals surface area contributed by atoms with E-state index in [9.17, 15) is 14.7 Å². The van der Waals surface area contributed by atoms with Gasteiger partial charge < -0.3 is 9.63 Å². The van der Waals surface area contributed by atoms with E-state index in [4.69, 9.17) is 4.52 Å². The lowest BCUT2D eigenvalue weighted by molar-refractivity contribution is 0.274. The van der Waals surface area contributed by atoms with Crippen LogP contribution in [0.15, 0.2) is 14.1 Å². The van der Waals surface area contributed by atoms with E-state index in [2.05, 4.69) is 16.0 Å². The van der Waals surface area contributed by atoms with Crippen LogP contribution >= 0.6 is 0 Å². The monoisotopic (exact) mass is 323 g/mol. The Bertz CT molecular complexity index is 854. The van der Waals surface area contributed by atoms with Gasteiger partial charge in [-0.1, -0.05) is 25.9 Å². The van der Waals surface area contributed by atoms with Crippen LogP contribution in [0.25, 0.3) is 0 Å². The third-order valence-corrected chi connectivity index (χ3v) is 3.65. The molecule has 0 aliphatic carbocycles. The Balaban J connectivity index is 2.43. The fraction of sp³-hybridized carbons (Fsp3) is 0.500. The standard InChI is InChI=1S/C14H21N5O4/c1-7-8(11(20)19(6)13(22)18(7)5)15-16-9-10(14(2,3)4)17-23-12(9)21/h15-16,21H,1-6H3. The Morgan fingerprint density at radius 1 is 1.09 bits per heavy atom. The van der Waals surface area contributed by atoms with Crippen molar-refractivity contribution in [2.24, 2.45) is 14.1 Å². The minimum atomic E-state index is -0.480. The molecule has 0 saturated heterocycles. The molecule has 0 atom stereocenters. The van der Waals surface area contributed by atoms with Gasteiger partial charge in [0.1, 0.15) is 11.4 Å². The number of hydrogen-bond acceptors (Lipinski definition) is 7. The zero-order valence-electron chi connectivity index (χ0n) is 14.0. The van der Waals surface area contributed by atoms with Gasteiger partial charge in [0.15, 0.2) is 5.69 Å². The largest absolute Gasteiger partial charge is 0.478 e. The number of anilines is 2. The molecule has 0 radical (unpaired) electrons. The molecule has 2 rings (SSSR count). The molecular weight excluding hydrogens is 302 g/mol. The van der Waals surface area contributed by atoms with E-state index in [0.29, 0.717) is 11.4 Å². The highest BCUT2D eigenvalue weighted by atomic mass is 16.6. The van der Waals surface area contributed by atoms with Crippen LogP contribution in [0.5, 0.6) is 5.95 Å². The van der Waals surface area contributed by atoms with Crippen LogP contribution in [0.1, 0.15) is 32.2 Å². The second-order valence-electron chi connectivity index (χ2n) is 6.38. The van der Waals surface area contributed by atoms with Crippen LogP contribution in [0, 0.1) is 6.92 Å². The average Bonchev–Trinajstić information content (AvgIpc) is 2.84.